The predicted molar refractivity (Wildman–Crippen MR) is 105 cm³/mol. The molecule has 4 saturated carbocycles. The van der Waals surface area contributed by atoms with Gasteiger partial charge in [-0.2, -0.15) is 0 Å². The van der Waals surface area contributed by atoms with Crippen LogP contribution in [-0.4, -0.2) is 17.2 Å². The summed E-state index contributed by atoms with van der Waals surface area (Å²) >= 11 is 0. The molecule has 0 heterocycles. The van der Waals surface area contributed by atoms with Crippen LogP contribution in [0, 0.1) is 17.8 Å². The van der Waals surface area contributed by atoms with E-state index < -0.39 is 17.3 Å². The first kappa shape index (κ1) is 17.9. The average Bonchev–Trinajstić information content (AvgIpc) is 2.70. The standard InChI is InChI=1S/C24H26FNO2/c25-23-13-16-11-19(14-23)24(26,20(12-16)15-23)22(27)28-21(17-7-3-1-4-8-17)18-9-5-2-6-10-18/h1-10,16,19-21H,11-15,26H2/t16?,19-,20-,23?,24?/m1/s1. The number of rotatable bonds is 4. The Morgan fingerprint density at radius 1 is 0.929 bits per heavy atom. The van der Waals surface area contributed by atoms with Crippen molar-refractivity contribution in [2.24, 2.45) is 23.5 Å². The van der Waals surface area contributed by atoms with Gasteiger partial charge in [0.2, 0.25) is 0 Å². The number of nitrogens with two attached hydrogens (primary N) is 1. The largest absolute Gasteiger partial charge is 0.451 e. The van der Waals surface area contributed by atoms with Crippen LogP contribution >= 0.6 is 0 Å². The SMILES string of the molecule is NC1(C(=O)OC(c2ccccc2)c2ccccc2)[C@@H]2CC3C[C@@H]1CC(F)(C3)C2. The van der Waals surface area contributed by atoms with Crippen LogP contribution in [0.4, 0.5) is 4.39 Å². The number of carbonyl (C=O) groups is 1. The molecule has 28 heavy (non-hydrogen) atoms. The Morgan fingerprint density at radius 2 is 1.43 bits per heavy atom. The Hall–Kier alpha value is -2.20. The van der Waals surface area contributed by atoms with E-state index in [-0.39, 0.29) is 17.8 Å². The lowest BCUT2D eigenvalue weighted by atomic mass is 9.48. The Balaban J connectivity index is 1.46. The third kappa shape index (κ3) is 2.77. The zero-order chi connectivity index (χ0) is 19.4. The molecule has 2 N–H and O–H groups in total. The van der Waals surface area contributed by atoms with Crippen LogP contribution < -0.4 is 5.73 Å². The van der Waals surface area contributed by atoms with Gasteiger partial charge < -0.3 is 10.5 Å². The first-order valence-corrected chi connectivity index (χ1v) is 10.3. The molecule has 0 aromatic heterocycles. The maximum atomic E-state index is 15.1. The summed E-state index contributed by atoms with van der Waals surface area (Å²) < 4.78 is 21.2. The van der Waals surface area contributed by atoms with E-state index in [2.05, 4.69) is 0 Å². The van der Waals surface area contributed by atoms with E-state index in [0.29, 0.717) is 25.2 Å². The van der Waals surface area contributed by atoms with E-state index in [1.54, 1.807) is 0 Å². The molecular weight excluding hydrogens is 353 g/mol. The fourth-order valence-corrected chi connectivity index (χ4v) is 6.07. The van der Waals surface area contributed by atoms with Crippen molar-refractivity contribution < 1.29 is 13.9 Å². The monoisotopic (exact) mass is 379 g/mol. The molecule has 146 valence electrons. The van der Waals surface area contributed by atoms with Gasteiger partial charge in [-0.1, -0.05) is 60.7 Å². The molecule has 4 aliphatic carbocycles. The van der Waals surface area contributed by atoms with Gasteiger partial charge in [-0.25, -0.2) is 4.39 Å². The van der Waals surface area contributed by atoms with Crippen LogP contribution in [0.25, 0.3) is 0 Å². The van der Waals surface area contributed by atoms with Crippen molar-refractivity contribution in [3.8, 4) is 0 Å². The second-order valence-electron chi connectivity index (χ2n) is 9.03. The summed E-state index contributed by atoms with van der Waals surface area (Å²) in [6.07, 6.45) is 2.61. The summed E-state index contributed by atoms with van der Waals surface area (Å²) in [7, 11) is 0. The minimum Gasteiger partial charge on any atom is -0.451 e. The van der Waals surface area contributed by atoms with Gasteiger partial charge >= 0.3 is 5.97 Å². The molecule has 4 fully saturated rings. The molecule has 0 amide bonds. The van der Waals surface area contributed by atoms with Crippen LogP contribution in [-0.2, 0) is 9.53 Å². The Labute approximate surface area is 165 Å². The van der Waals surface area contributed by atoms with E-state index in [0.717, 1.165) is 24.0 Å². The third-order valence-corrected chi connectivity index (χ3v) is 7.25. The number of esters is 1. The number of hydrogen-bond acceptors (Lipinski definition) is 3. The summed E-state index contributed by atoms with van der Waals surface area (Å²) in [5.41, 5.74) is 6.38. The Kier molecular flexibility index (Phi) is 4.09. The van der Waals surface area contributed by atoms with Crippen molar-refractivity contribution in [3.63, 3.8) is 0 Å². The van der Waals surface area contributed by atoms with Gasteiger partial charge in [0.25, 0.3) is 0 Å². The number of carbonyl (C=O) groups excluding carboxylic acids is 1. The molecule has 0 aliphatic heterocycles. The van der Waals surface area contributed by atoms with E-state index in [4.69, 9.17) is 10.5 Å². The average molecular weight is 379 g/mol. The first-order valence-electron chi connectivity index (χ1n) is 10.3. The highest BCUT2D eigenvalue weighted by molar-refractivity contribution is 5.82. The quantitative estimate of drug-likeness (QED) is 0.792. The number of alkyl halides is 1. The highest BCUT2D eigenvalue weighted by atomic mass is 19.1. The fraction of sp³-hybridized carbons (Fsp3) is 0.458. The molecule has 6 rings (SSSR count). The number of halogens is 1. The van der Waals surface area contributed by atoms with Crippen LogP contribution in [0.1, 0.15) is 49.3 Å². The van der Waals surface area contributed by atoms with E-state index >= 15 is 4.39 Å². The predicted octanol–water partition coefficient (Wildman–Crippen LogP) is 4.56. The smallest absolute Gasteiger partial charge is 0.327 e. The number of ether oxygens (including phenoxy) is 1. The zero-order valence-corrected chi connectivity index (χ0v) is 15.9. The molecule has 2 atom stereocenters. The summed E-state index contributed by atoms with van der Waals surface area (Å²) in [5.74, 6) is -0.250. The second-order valence-corrected chi connectivity index (χ2v) is 9.03. The van der Waals surface area contributed by atoms with Crippen molar-refractivity contribution in [2.45, 2.75) is 49.4 Å². The lowest BCUT2D eigenvalue weighted by Crippen LogP contribution is -2.70. The molecular formula is C24H26FNO2. The van der Waals surface area contributed by atoms with Crippen LogP contribution in [0.3, 0.4) is 0 Å². The van der Waals surface area contributed by atoms with Gasteiger partial charge in [0.15, 0.2) is 6.10 Å². The normalized spacial score (nSPS) is 35.9. The molecule has 0 radical (unpaired) electrons. The van der Waals surface area contributed by atoms with Crippen LogP contribution in [0.2, 0.25) is 0 Å². The van der Waals surface area contributed by atoms with Crippen molar-refractivity contribution in [3.05, 3.63) is 71.8 Å². The molecule has 2 aromatic carbocycles. The third-order valence-electron chi connectivity index (χ3n) is 7.25. The van der Waals surface area contributed by atoms with E-state index in [9.17, 15) is 4.79 Å². The van der Waals surface area contributed by atoms with Gasteiger partial charge in [-0.3, -0.25) is 4.79 Å². The Bertz CT molecular complexity index is 813. The highest BCUT2D eigenvalue weighted by Crippen LogP contribution is 2.61. The van der Waals surface area contributed by atoms with Crippen molar-refractivity contribution in [2.75, 3.05) is 0 Å². The van der Waals surface area contributed by atoms with Gasteiger partial charge in [0.1, 0.15) is 11.2 Å². The number of hydrogen-bond donors (Lipinski definition) is 1. The number of benzene rings is 2. The molecule has 3 nitrogen and oxygen atoms in total. The lowest BCUT2D eigenvalue weighted by Gasteiger charge is -2.60. The summed E-state index contributed by atoms with van der Waals surface area (Å²) in [4.78, 5) is 13.4. The summed E-state index contributed by atoms with van der Waals surface area (Å²) in [6, 6.07) is 19.5. The zero-order valence-electron chi connectivity index (χ0n) is 15.9. The lowest BCUT2D eigenvalue weighted by molar-refractivity contribution is -0.179. The second kappa shape index (κ2) is 6.41. The van der Waals surface area contributed by atoms with Crippen LogP contribution in [0.5, 0.6) is 0 Å². The molecule has 4 heteroatoms. The van der Waals surface area contributed by atoms with Crippen LogP contribution in [0.15, 0.2) is 60.7 Å². The van der Waals surface area contributed by atoms with E-state index in [1.165, 1.54) is 0 Å². The Morgan fingerprint density at radius 3 is 1.89 bits per heavy atom. The topological polar surface area (TPSA) is 52.3 Å². The van der Waals surface area contributed by atoms with Crippen molar-refractivity contribution >= 4 is 5.97 Å². The van der Waals surface area contributed by atoms with E-state index in [1.807, 2.05) is 60.7 Å². The van der Waals surface area contributed by atoms with Gasteiger partial charge in [0.05, 0.1) is 0 Å². The van der Waals surface area contributed by atoms with Crippen molar-refractivity contribution in [1.29, 1.82) is 0 Å². The van der Waals surface area contributed by atoms with Crippen molar-refractivity contribution in [1.82, 2.24) is 0 Å². The minimum absolute atomic E-state index is 0.122. The molecule has 0 saturated heterocycles. The maximum absolute atomic E-state index is 15.1. The highest BCUT2D eigenvalue weighted by Gasteiger charge is 2.65. The first-order chi connectivity index (χ1) is 13.5. The van der Waals surface area contributed by atoms with Gasteiger partial charge in [-0.15, -0.1) is 0 Å². The molecule has 0 spiro atoms. The molecule has 4 aliphatic rings. The molecule has 2 aromatic rings. The van der Waals surface area contributed by atoms with Gasteiger partial charge in [-0.05, 0) is 61.0 Å². The summed E-state index contributed by atoms with van der Waals surface area (Å²) in [5, 5.41) is 0. The minimum atomic E-state index is -1.13. The maximum Gasteiger partial charge on any atom is 0.327 e. The molecule has 0 unspecified atom stereocenters. The fourth-order valence-electron chi connectivity index (χ4n) is 6.07. The molecule has 4 bridgehead atoms. The summed E-state index contributed by atoms with van der Waals surface area (Å²) in [6.45, 7) is 0. The van der Waals surface area contributed by atoms with Gasteiger partial charge in [0, 0.05) is 0 Å².